The summed E-state index contributed by atoms with van der Waals surface area (Å²) >= 11 is 1.32. The van der Waals surface area contributed by atoms with Gasteiger partial charge < -0.3 is 4.74 Å². The molecule has 10 heteroatoms. The molecule has 27 heavy (non-hydrogen) atoms. The average Bonchev–Trinajstić information content (AvgIpc) is 3.20. The minimum Gasteiger partial charge on any atom is -0.454 e. The second-order valence-electron chi connectivity index (χ2n) is 5.72. The van der Waals surface area contributed by atoms with Crippen LogP contribution in [0.2, 0.25) is 0 Å². The van der Waals surface area contributed by atoms with E-state index in [4.69, 9.17) is 4.74 Å². The van der Waals surface area contributed by atoms with Crippen LogP contribution in [0.4, 0.5) is 9.52 Å². The van der Waals surface area contributed by atoms with Gasteiger partial charge in [-0.15, -0.1) is 21.5 Å². The normalized spacial score (nSPS) is 10.9. The van der Waals surface area contributed by atoms with Crippen LogP contribution in [0.5, 0.6) is 11.5 Å². The lowest BCUT2D eigenvalue weighted by molar-refractivity contribution is 0.102. The number of anilines is 1. The molecule has 0 bridgehead atoms. The predicted octanol–water partition coefficient (Wildman–Crippen LogP) is 3.38. The van der Waals surface area contributed by atoms with Crippen LogP contribution in [-0.2, 0) is 0 Å². The fourth-order valence-corrected chi connectivity index (χ4v) is 3.15. The molecule has 0 aliphatic heterocycles. The molecule has 4 aromatic heterocycles. The lowest BCUT2D eigenvalue weighted by atomic mass is 10.2. The SMILES string of the molecule is Cc1csc(NC(=O)c2cc(Oc3cncc(F)c3)cn3c(C)nnc23)n1. The van der Waals surface area contributed by atoms with E-state index in [0.29, 0.717) is 22.4 Å². The Morgan fingerprint density at radius 2 is 2.07 bits per heavy atom. The number of amides is 1. The van der Waals surface area contributed by atoms with Gasteiger partial charge in [0.2, 0.25) is 0 Å². The summed E-state index contributed by atoms with van der Waals surface area (Å²) in [5, 5.41) is 13.1. The number of carbonyl (C=O) groups is 1. The van der Waals surface area contributed by atoms with Crippen molar-refractivity contribution in [3.8, 4) is 11.5 Å². The van der Waals surface area contributed by atoms with E-state index in [1.807, 2.05) is 12.3 Å². The first-order valence-electron chi connectivity index (χ1n) is 7.87. The summed E-state index contributed by atoms with van der Waals surface area (Å²) < 4.78 is 20.6. The number of halogens is 1. The third-order valence-corrected chi connectivity index (χ3v) is 4.53. The third kappa shape index (κ3) is 3.47. The fraction of sp³-hybridized carbons (Fsp3) is 0.118. The van der Waals surface area contributed by atoms with E-state index < -0.39 is 11.7 Å². The molecule has 1 amide bonds. The van der Waals surface area contributed by atoms with Crippen LogP contribution in [0.1, 0.15) is 21.9 Å². The number of hydrogen-bond acceptors (Lipinski definition) is 7. The van der Waals surface area contributed by atoms with Crippen LogP contribution in [0.3, 0.4) is 0 Å². The number of nitrogens with one attached hydrogen (secondary N) is 1. The van der Waals surface area contributed by atoms with Gasteiger partial charge in [0, 0.05) is 11.4 Å². The second-order valence-corrected chi connectivity index (χ2v) is 6.58. The van der Waals surface area contributed by atoms with Crippen LogP contribution in [-0.4, -0.2) is 30.5 Å². The zero-order valence-electron chi connectivity index (χ0n) is 14.3. The largest absolute Gasteiger partial charge is 0.454 e. The quantitative estimate of drug-likeness (QED) is 0.580. The molecular formula is C17H13FN6O2S. The van der Waals surface area contributed by atoms with E-state index >= 15 is 0 Å². The highest BCUT2D eigenvalue weighted by Gasteiger charge is 2.18. The molecule has 0 aliphatic carbocycles. The highest BCUT2D eigenvalue weighted by molar-refractivity contribution is 7.13. The number of carbonyl (C=O) groups excluding carboxylic acids is 1. The van der Waals surface area contributed by atoms with Gasteiger partial charge >= 0.3 is 0 Å². The molecule has 1 N–H and O–H groups in total. The van der Waals surface area contributed by atoms with Crippen molar-refractivity contribution in [1.29, 1.82) is 0 Å². The summed E-state index contributed by atoms with van der Waals surface area (Å²) in [5.41, 5.74) is 1.45. The van der Waals surface area contributed by atoms with Crippen molar-refractivity contribution in [1.82, 2.24) is 24.6 Å². The minimum atomic E-state index is -0.522. The Kier molecular flexibility index (Phi) is 4.24. The monoisotopic (exact) mass is 384 g/mol. The van der Waals surface area contributed by atoms with Crippen molar-refractivity contribution < 1.29 is 13.9 Å². The highest BCUT2D eigenvalue weighted by Crippen LogP contribution is 2.25. The Bertz CT molecular complexity index is 1160. The Labute approximate surface area is 156 Å². The number of thiazole rings is 1. The fourth-order valence-electron chi connectivity index (χ4n) is 2.46. The summed E-state index contributed by atoms with van der Waals surface area (Å²) in [6.07, 6.45) is 4.08. The highest BCUT2D eigenvalue weighted by atomic mass is 32.1. The maximum Gasteiger partial charge on any atom is 0.261 e. The first-order chi connectivity index (χ1) is 13.0. The molecule has 0 fully saturated rings. The molecule has 0 saturated carbocycles. The van der Waals surface area contributed by atoms with Gasteiger partial charge in [-0.25, -0.2) is 9.37 Å². The summed E-state index contributed by atoms with van der Waals surface area (Å²) in [7, 11) is 0. The molecule has 0 saturated heterocycles. The van der Waals surface area contributed by atoms with Crippen LogP contribution in [0.25, 0.3) is 5.65 Å². The molecule has 0 aliphatic rings. The molecule has 0 aromatic carbocycles. The maximum absolute atomic E-state index is 13.4. The molecule has 0 atom stereocenters. The van der Waals surface area contributed by atoms with Crippen molar-refractivity contribution in [2.24, 2.45) is 0 Å². The Balaban J connectivity index is 1.73. The molecule has 0 radical (unpaired) electrons. The van der Waals surface area contributed by atoms with E-state index in [-0.39, 0.29) is 11.3 Å². The zero-order chi connectivity index (χ0) is 19.0. The smallest absolute Gasteiger partial charge is 0.261 e. The Hall–Kier alpha value is -3.40. The van der Waals surface area contributed by atoms with E-state index in [1.165, 1.54) is 29.7 Å². The minimum absolute atomic E-state index is 0.210. The molecule has 0 spiro atoms. The Morgan fingerprint density at radius 1 is 1.22 bits per heavy atom. The van der Waals surface area contributed by atoms with E-state index in [2.05, 4.69) is 25.5 Å². The Morgan fingerprint density at radius 3 is 2.81 bits per heavy atom. The number of aromatic nitrogens is 5. The molecule has 0 unspecified atom stereocenters. The predicted molar refractivity (Wildman–Crippen MR) is 96.8 cm³/mol. The van der Waals surface area contributed by atoms with Gasteiger partial charge in [0.1, 0.15) is 23.1 Å². The van der Waals surface area contributed by atoms with Gasteiger partial charge in [-0.1, -0.05) is 0 Å². The number of ether oxygens (including phenoxy) is 1. The number of nitrogens with zero attached hydrogens (tertiary/aromatic N) is 5. The first kappa shape index (κ1) is 17.0. The van der Waals surface area contributed by atoms with Crippen molar-refractivity contribution in [3.05, 3.63) is 59.0 Å². The van der Waals surface area contributed by atoms with Crippen LogP contribution < -0.4 is 10.1 Å². The first-order valence-corrected chi connectivity index (χ1v) is 8.75. The van der Waals surface area contributed by atoms with Crippen molar-refractivity contribution >= 4 is 28.0 Å². The van der Waals surface area contributed by atoms with Crippen molar-refractivity contribution in [2.75, 3.05) is 5.32 Å². The van der Waals surface area contributed by atoms with Crippen LogP contribution in [0.15, 0.2) is 36.1 Å². The maximum atomic E-state index is 13.4. The molecular weight excluding hydrogens is 371 g/mol. The summed E-state index contributed by atoms with van der Waals surface area (Å²) in [6, 6.07) is 2.72. The van der Waals surface area contributed by atoms with Crippen LogP contribution in [0, 0.1) is 19.7 Å². The second kappa shape index (κ2) is 6.72. The zero-order valence-corrected chi connectivity index (χ0v) is 15.1. The van der Waals surface area contributed by atoms with Gasteiger partial charge in [0.25, 0.3) is 5.91 Å². The number of aryl methyl sites for hydroxylation is 2. The molecule has 4 rings (SSSR count). The van der Waals surface area contributed by atoms with Crippen molar-refractivity contribution in [3.63, 3.8) is 0 Å². The summed E-state index contributed by atoms with van der Waals surface area (Å²) in [6.45, 7) is 3.59. The van der Waals surface area contributed by atoms with Gasteiger partial charge in [0.05, 0.1) is 29.8 Å². The number of pyridine rings is 2. The number of hydrogen-bond donors (Lipinski definition) is 1. The summed E-state index contributed by atoms with van der Waals surface area (Å²) in [4.78, 5) is 20.7. The van der Waals surface area contributed by atoms with Gasteiger partial charge in [0.15, 0.2) is 10.8 Å². The summed E-state index contributed by atoms with van der Waals surface area (Å²) in [5.74, 6) is 0.183. The van der Waals surface area contributed by atoms with Crippen molar-refractivity contribution in [2.45, 2.75) is 13.8 Å². The average molecular weight is 384 g/mol. The van der Waals surface area contributed by atoms with Gasteiger partial charge in [-0.3, -0.25) is 19.5 Å². The standard InChI is InChI=1S/C17H13FN6O2S/c1-9-8-27-17(20-9)21-16(25)14-4-13(7-24-10(2)22-23-15(14)24)26-12-3-11(18)5-19-6-12/h3-8H,1-2H3,(H,20,21,25). The molecule has 8 nitrogen and oxygen atoms in total. The third-order valence-electron chi connectivity index (χ3n) is 3.65. The number of fused-ring (bicyclic) bond motifs is 1. The van der Waals surface area contributed by atoms with Gasteiger partial charge in [-0.2, -0.15) is 0 Å². The lowest BCUT2D eigenvalue weighted by Crippen LogP contribution is -2.14. The topological polar surface area (TPSA) is 94.3 Å². The van der Waals surface area contributed by atoms with Crippen LogP contribution >= 0.6 is 11.3 Å². The number of rotatable bonds is 4. The van der Waals surface area contributed by atoms with E-state index in [9.17, 15) is 9.18 Å². The van der Waals surface area contributed by atoms with Gasteiger partial charge in [-0.05, 0) is 19.9 Å². The van der Waals surface area contributed by atoms with E-state index in [1.54, 1.807) is 17.5 Å². The molecule has 4 aromatic rings. The molecule has 4 heterocycles. The lowest BCUT2D eigenvalue weighted by Gasteiger charge is -2.09. The molecule has 136 valence electrons. The van der Waals surface area contributed by atoms with E-state index in [0.717, 1.165) is 11.9 Å².